The molecule has 0 N–H and O–H groups in total. The first-order valence-electron chi connectivity index (χ1n) is 6.97. The van der Waals surface area contributed by atoms with Crippen molar-refractivity contribution in [3.05, 3.63) is 76.0 Å². The summed E-state index contributed by atoms with van der Waals surface area (Å²) in [4.78, 5) is 12.8. The number of hydrogen-bond donors (Lipinski definition) is 0. The Morgan fingerprint density at radius 3 is 2.64 bits per heavy atom. The van der Waals surface area contributed by atoms with Gasteiger partial charge >= 0.3 is 0 Å². The van der Waals surface area contributed by atoms with Crippen molar-refractivity contribution in [2.75, 3.05) is 0 Å². The Kier molecular flexibility index (Phi) is 3.63. The van der Waals surface area contributed by atoms with Crippen LogP contribution in [-0.4, -0.2) is 5.78 Å². The van der Waals surface area contributed by atoms with Gasteiger partial charge in [-0.25, -0.2) is 0 Å². The smallest absolute Gasteiger partial charge is 0.229 e. The maximum Gasteiger partial charge on any atom is 0.229 e. The second-order valence-corrected chi connectivity index (χ2v) is 5.77. The number of halogens is 1. The third kappa shape index (κ3) is 2.36. The normalized spacial score (nSPS) is 10.9. The molecular formula is C19H15ClO2. The van der Waals surface area contributed by atoms with Crippen LogP contribution in [0.4, 0.5) is 0 Å². The molecule has 22 heavy (non-hydrogen) atoms. The van der Waals surface area contributed by atoms with E-state index in [1.165, 1.54) is 0 Å². The first-order chi connectivity index (χ1) is 10.5. The zero-order chi connectivity index (χ0) is 15.9. The van der Waals surface area contributed by atoms with E-state index >= 15 is 0 Å². The highest BCUT2D eigenvalue weighted by atomic mass is 35.5. The molecule has 0 bridgehead atoms. The zero-order valence-corrected chi connectivity index (χ0v) is 13.2. The molecular weight excluding hydrogens is 296 g/mol. The number of furan rings is 1. The lowest BCUT2D eigenvalue weighted by Gasteiger charge is -2.05. The number of hydrogen-bond acceptors (Lipinski definition) is 2. The first-order valence-corrected chi connectivity index (χ1v) is 7.35. The van der Waals surface area contributed by atoms with Crippen molar-refractivity contribution in [1.29, 1.82) is 0 Å². The van der Waals surface area contributed by atoms with Crippen LogP contribution < -0.4 is 0 Å². The Morgan fingerprint density at radius 1 is 1.18 bits per heavy atom. The number of rotatable bonds is 3. The van der Waals surface area contributed by atoms with Crippen LogP contribution in [0.25, 0.3) is 17.0 Å². The average molecular weight is 311 g/mol. The highest BCUT2D eigenvalue weighted by molar-refractivity contribution is 6.31. The van der Waals surface area contributed by atoms with Gasteiger partial charge in [0.05, 0.1) is 0 Å². The zero-order valence-electron chi connectivity index (χ0n) is 12.4. The van der Waals surface area contributed by atoms with Crippen molar-refractivity contribution < 1.29 is 9.21 Å². The number of carbonyl (C=O) groups is 1. The van der Waals surface area contributed by atoms with Crippen molar-refractivity contribution in [3.63, 3.8) is 0 Å². The molecule has 1 aromatic heterocycles. The molecule has 3 heteroatoms. The molecule has 0 aliphatic carbocycles. The van der Waals surface area contributed by atoms with E-state index in [4.69, 9.17) is 16.0 Å². The van der Waals surface area contributed by atoms with Crippen LogP contribution in [0.2, 0.25) is 5.02 Å². The van der Waals surface area contributed by atoms with Crippen molar-refractivity contribution >= 4 is 34.4 Å². The van der Waals surface area contributed by atoms with Crippen molar-refractivity contribution in [1.82, 2.24) is 0 Å². The van der Waals surface area contributed by atoms with E-state index in [0.717, 1.165) is 16.5 Å². The summed E-state index contributed by atoms with van der Waals surface area (Å²) in [7, 11) is 0. The lowest BCUT2D eigenvalue weighted by atomic mass is 9.98. The molecule has 2 nitrogen and oxygen atoms in total. The second kappa shape index (κ2) is 5.47. The summed E-state index contributed by atoms with van der Waals surface area (Å²) in [5.41, 5.74) is 4.00. The van der Waals surface area contributed by atoms with Gasteiger partial charge in [-0.05, 0) is 37.6 Å². The molecule has 0 fully saturated rings. The van der Waals surface area contributed by atoms with Gasteiger partial charge < -0.3 is 4.42 Å². The predicted octanol–water partition coefficient (Wildman–Crippen LogP) is 5.58. The summed E-state index contributed by atoms with van der Waals surface area (Å²) in [6, 6.07) is 11.0. The molecule has 0 aliphatic rings. The molecule has 1 heterocycles. The minimum Gasteiger partial charge on any atom is -0.452 e. The molecule has 0 unspecified atom stereocenters. The van der Waals surface area contributed by atoms with Crippen LogP contribution in [0.1, 0.15) is 32.8 Å². The van der Waals surface area contributed by atoms with Gasteiger partial charge in [-0.3, -0.25) is 4.79 Å². The van der Waals surface area contributed by atoms with Crippen LogP contribution in [0.15, 0.2) is 47.4 Å². The molecule has 0 atom stereocenters. The highest BCUT2D eigenvalue weighted by Gasteiger charge is 2.21. The Labute approximate surface area is 134 Å². The van der Waals surface area contributed by atoms with Gasteiger partial charge in [0.1, 0.15) is 5.58 Å². The molecule has 0 amide bonds. The van der Waals surface area contributed by atoms with Gasteiger partial charge in [-0.15, -0.1) is 0 Å². The molecule has 0 saturated carbocycles. The van der Waals surface area contributed by atoms with E-state index in [-0.39, 0.29) is 5.78 Å². The third-order valence-corrected chi connectivity index (χ3v) is 3.96. The topological polar surface area (TPSA) is 30.2 Å². The van der Waals surface area contributed by atoms with Gasteiger partial charge in [-0.2, -0.15) is 0 Å². The number of aryl methyl sites for hydroxylation is 2. The van der Waals surface area contributed by atoms with Crippen molar-refractivity contribution in [2.24, 2.45) is 0 Å². The fourth-order valence-corrected chi connectivity index (χ4v) is 2.82. The van der Waals surface area contributed by atoms with E-state index in [2.05, 4.69) is 6.58 Å². The molecule has 0 saturated heterocycles. The van der Waals surface area contributed by atoms with Crippen LogP contribution in [0, 0.1) is 13.8 Å². The number of ketones is 1. The Balaban J connectivity index is 2.21. The summed E-state index contributed by atoms with van der Waals surface area (Å²) >= 11 is 6.04. The van der Waals surface area contributed by atoms with E-state index in [0.29, 0.717) is 27.5 Å². The summed E-state index contributed by atoms with van der Waals surface area (Å²) in [6.45, 7) is 7.72. The predicted molar refractivity (Wildman–Crippen MR) is 90.7 cm³/mol. The van der Waals surface area contributed by atoms with Crippen LogP contribution in [0.3, 0.4) is 0 Å². The summed E-state index contributed by atoms with van der Waals surface area (Å²) < 4.78 is 5.77. The number of benzene rings is 2. The molecule has 3 rings (SSSR count). The quantitative estimate of drug-likeness (QED) is 0.591. The standard InChI is InChI=1S/C19H15ClO2/c1-4-14-16-10-13(20)6-8-17(16)22-19(14)18(21)15-7-5-11(2)9-12(15)3/h4-10H,1H2,2-3H3. The molecule has 2 aromatic carbocycles. The van der Waals surface area contributed by atoms with Crippen molar-refractivity contribution in [3.8, 4) is 0 Å². The van der Waals surface area contributed by atoms with Gasteiger partial charge in [0.2, 0.25) is 5.78 Å². The van der Waals surface area contributed by atoms with Crippen LogP contribution in [-0.2, 0) is 0 Å². The van der Waals surface area contributed by atoms with Crippen molar-refractivity contribution in [2.45, 2.75) is 13.8 Å². The Bertz CT molecular complexity index is 903. The van der Waals surface area contributed by atoms with E-state index in [9.17, 15) is 4.79 Å². The minimum atomic E-state index is -0.139. The maximum atomic E-state index is 12.8. The average Bonchev–Trinajstić information content (AvgIpc) is 2.84. The lowest BCUT2D eigenvalue weighted by Crippen LogP contribution is -2.04. The number of carbonyl (C=O) groups excluding carboxylic acids is 1. The van der Waals surface area contributed by atoms with Gasteiger partial charge in [0.15, 0.2) is 5.76 Å². The van der Waals surface area contributed by atoms with E-state index in [1.54, 1.807) is 24.3 Å². The monoisotopic (exact) mass is 310 g/mol. The summed E-state index contributed by atoms with van der Waals surface area (Å²) in [5, 5.41) is 1.40. The van der Waals surface area contributed by atoms with E-state index in [1.807, 2.05) is 32.0 Å². The Hall–Kier alpha value is -2.32. The summed E-state index contributed by atoms with van der Waals surface area (Å²) in [6.07, 6.45) is 1.64. The highest BCUT2D eigenvalue weighted by Crippen LogP contribution is 2.31. The minimum absolute atomic E-state index is 0.139. The third-order valence-electron chi connectivity index (χ3n) is 3.73. The van der Waals surface area contributed by atoms with Crippen LogP contribution in [0.5, 0.6) is 0 Å². The second-order valence-electron chi connectivity index (χ2n) is 5.34. The molecule has 0 aliphatic heterocycles. The molecule has 3 aromatic rings. The lowest BCUT2D eigenvalue weighted by molar-refractivity contribution is 0.101. The Morgan fingerprint density at radius 2 is 1.95 bits per heavy atom. The van der Waals surface area contributed by atoms with Gasteiger partial charge in [0.25, 0.3) is 0 Å². The fourth-order valence-electron chi connectivity index (χ4n) is 2.65. The maximum absolute atomic E-state index is 12.8. The number of fused-ring (bicyclic) bond motifs is 1. The van der Waals surface area contributed by atoms with Gasteiger partial charge in [-0.1, -0.05) is 48.0 Å². The fraction of sp³-hybridized carbons (Fsp3) is 0.105. The van der Waals surface area contributed by atoms with E-state index < -0.39 is 0 Å². The molecule has 0 radical (unpaired) electrons. The SMILES string of the molecule is C=Cc1c(C(=O)c2ccc(C)cc2C)oc2ccc(Cl)cc12. The summed E-state index contributed by atoms with van der Waals surface area (Å²) in [5.74, 6) is 0.166. The molecule has 110 valence electrons. The largest absolute Gasteiger partial charge is 0.452 e. The van der Waals surface area contributed by atoms with Crippen LogP contribution >= 0.6 is 11.6 Å². The van der Waals surface area contributed by atoms with Gasteiger partial charge in [0, 0.05) is 21.5 Å². The first kappa shape index (κ1) is 14.6. The molecule has 0 spiro atoms.